The van der Waals surface area contributed by atoms with Crippen molar-refractivity contribution in [3.05, 3.63) is 106 Å². The number of benzene rings is 2. The first-order chi connectivity index (χ1) is 19.4. The molecule has 7 nitrogen and oxygen atoms in total. The number of nitrogens with one attached hydrogen (secondary N) is 1. The van der Waals surface area contributed by atoms with E-state index in [0.29, 0.717) is 0 Å². The smallest absolute Gasteiger partial charge is 0.417 e. The number of aromatic nitrogens is 3. The Hall–Kier alpha value is -4.25. The van der Waals surface area contributed by atoms with Gasteiger partial charge in [0.2, 0.25) is 5.88 Å². The summed E-state index contributed by atoms with van der Waals surface area (Å²) in [6.07, 6.45) is -3.41. The van der Waals surface area contributed by atoms with Gasteiger partial charge in [0.05, 0.1) is 22.0 Å². The molecule has 212 valence electrons. The van der Waals surface area contributed by atoms with Crippen molar-refractivity contribution < 1.29 is 27.1 Å². The van der Waals surface area contributed by atoms with Gasteiger partial charge in [-0.1, -0.05) is 41.9 Å². The minimum absolute atomic E-state index is 0.0416. The van der Waals surface area contributed by atoms with Crippen LogP contribution in [0.1, 0.15) is 65.5 Å². The average Bonchev–Trinajstić information content (AvgIpc) is 3.32. The van der Waals surface area contributed by atoms with Gasteiger partial charge >= 0.3 is 6.18 Å². The van der Waals surface area contributed by atoms with Crippen molar-refractivity contribution >= 4 is 23.2 Å². The summed E-state index contributed by atoms with van der Waals surface area (Å²) < 4.78 is 64.4. The summed E-state index contributed by atoms with van der Waals surface area (Å²) in [4.78, 5) is 25.9. The molecule has 2 aromatic heterocycles. The third kappa shape index (κ3) is 5.67. The molecule has 1 atom stereocenters. The van der Waals surface area contributed by atoms with Gasteiger partial charge in [-0.15, -0.1) is 0 Å². The number of fused-ring (bicyclic) bond motifs is 3. The lowest BCUT2D eigenvalue weighted by Gasteiger charge is -2.18. The lowest BCUT2D eigenvalue weighted by atomic mass is 10.00. The van der Waals surface area contributed by atoms with Gasteiger partial charge in [-0.3, -0.25) is 9.79 Å². The maximum atomic E-state index is 15.3. The van der Waals surface area contributed by atoms with Crippen LogP contribution in [-0.2, 0) is 12.8 Å². The van der Waals surface area contributed by atoms with E-state index in [-0.39, 0.29) is 52.7 Å². The minimum Gasteiger partial charge on any atom is -0.473 e. The zero-order chi connectivity index (χ0) is 29.5. The predicted molar refractivity (Wildman–Crippen MR) is 145 cm³/mol. The number of halogens is 5. The highest BCUT2D eigenvalue weighted by atomic mass is 35.5. The van der Waals surface area contributed by atoms with Crippen LogP contribution in [0.15, 0.2) is 65.8 Å². The SMILES string of the molecule is CC(C)NC(=O)c1cn2c(n1)[C@H](C)N=C(c1nc(OCc3ccccc3)ccc1F)c1c-2ccc(C(F)(F)F)c1Cl. The number of amides is 1. The Morgan fingerprint density at radius 1 is 1.10 bits per heavy atom. The third-order valence-corrected chi connectivity index (χ3v) is 6.67. The molecule has 0 saturated carbocycles. The van der Waals surface area contributed by atoms with Crippen molar-refractivity contribution in [2.75, 3.05) is 0 Å². The van der Waals surface area contributed by atoms with Crippen LogP contribution in [0.4, 0.5) is 17.6 Å². The number of hydrogen-bond acceptors (Lipinski definition) is 5. The second-order valence-corrected chi connectivity index (χ2v) is 10.1. The molecule has 4 aromatic rings. The normalized spacial score (nSPS) is 14.7. The molecule has 1 amide bonds. The summed E-state index contributed by atoms with van der Waals surface area (Å²) >= 11 is 6.42. The second kappa shape index (κ2) is 11.0. The Morgan fingerprint density at radius 3 is 2.51 bits per heavy atom. The Morgan fingerprint density at radius 2 is 1.83 bits per heavy atom. The van der Waals surface area contributed by atoms with Crippen LogP contribution < -0.4 is 10.1 Å². The van der Waals surface area contributed by atoms with Crippen molar-refractivity contribution in [3.63, 3.8) is 0 Å². The highest BCUT2D eigenvalue weighted by Gasteiger charge is 2.38. The largest absolute Gasteiger partial charge is 0.473 e. The highest BCUT2D eigenvalue weighted by Crippen LogP contribution is 2.42. The highest BCUT2D eigenvalue weighted by molar-refractivity contribution is 6.37. The van der Waals surface area contributed by atoms with Gasteiger partial charge in [-0.2, -0.15) is 13.2 Å². The van der Waals surface area contributed by atoms with E-state index >= 15 is 4.39 Å². The van der Waals surface area contributed by atoms with E-state index in [1.165, 1.54) is 22.9 Å². The summed E-state index contributed by atoms with van der Waals surface area (Å²) in [7, 11) is 0. The maximum Gasteiger partial charge on any atom is 0.417 e. The molecule has 1 N–H and O–H groups in total. The first-order valence-corrected chi connectivity index (χ1v) is 13.0. The molecule has 5 rings (SSSR count). The number of imidazole rings is 1. The monoisotopic (exact) mass is 585 g/mol. The summed E-state index contributed by atoms with van der Waals surface area (Å²) in [5.41, 5.74) is -0.857. The molecule has 41 heavy (non-hydrogen) atoms. The van der Waals surface area contributed by atoms with E-state index in [0.717, 1.165) is 17.7 Å². The van der Waals surface area contributed by atoms with Gasteiger partial charge in [0.25, 0.3) is 5.91 Å². The van der Waals surface area contributed by atoms with E-state index in [1.807, 2.05) is 30.3 Å². The molecule has 2 aromatic carbocycles. The number of carbonyl (C=O) groups is 1. The fourth-order valence-electron chi connectivity index (χ4n) is 4.44. The van der Waals surface area contributed by atoms with Gasteiger partial charge < -0.3 is 14.6 Å². The van der Waals surface area contributed by atoms with E-state index in [9.17, 15) is 18.0 Å². The lowest BCUT2D eigenvalue weighted by Crippen LogP contribution is -2.30. The zero-order valence-electron chi connectivity index (χ0n) is 22.1. The fourth-order valence-corrected chi connectivity index (χ4v) is 4.79. The Balaban J connectivity index is 1.67. The molecule has 1 aliphatic rings. The number of aliphatic imine (C=N–C) groups is 1. The Bertz CT molecular complexity index is 1650. The van der Waals surface area contributed by atoms with Gasteiger partial charge in [0.15, 0.2) is 5.82 Å². The van der Waals surface area contributed by atoms with E-state index in [4.69, 9.17) is 16.3 Å². The van der Waals surface area contributed by atoms with E-state index < -0.39 is 34.5 Å². The maximum absolute atomic E-state index is 15.3. The molecule has 3 heterocycles. The Kier molecular flexibility index (Phi) is 7.56. The van der Waals surface area contributed by atoms with Gasteiger partial charge in [0, 0.05) is 23.9 Å². The van der Waals surface area contributed by atoms with Crippen molar-refractivity contribution in [2.45, 2.75) is 45.6 Å². The Labute approximate surface area is 237 Å². The number of alkyl halides is 3. The molecular weight excluding hydrogens is 562 g/mol. The standard InChI is InChI=1S/C29H24ClF4N5O2/c1-15(2)35-28(40)20-13-39-21-11-9-18(29(32,33)34)24(30)23(21)26(36-16(3)27(39)37-20)25-19(31)10-12-22(38-25)41-14-17-7-5-4-6-8-17/h4-13,15-16H,14H2,1-3H3,(H,35,40)/t16-/m0/s1. The van der Waals surface area contributed by atoms with E-state index in [2.05, 4.69) is 20.3 Å². The zero-order valence-corrected chi connectivity index (χ0v) is 22.9. The molecule has 0 unspecified atom stereocenters. The number of ether oxygens (including phenoxy) is 1. The molecule has 12 heteroatoms. The summed E-state index contributed by atoms with van der Waals surface area (Å²) in [6, 6.07) is 12.7. The van der Waals surface area contributed by atoms with Crippen LogP contribution >= 0.6 is 11.6 Å². The fraction of sp³-hybridized carbons (Fsp3) is 0.241. The van der Waals surface area contributed by atoms with Gasteiger partial charge in [0.1, 0.15) is 29.9 Å². The van der Waals surface area contributed by atoms with Crippen LogP contribution in [0, 0.1) is 5.82 Å². The van der Waals surface area contributed by atoms with Crippen molar-refractivity contribution in [1.29, 1.82) is 0 Å². The molecule has 0 radical (unpaired) electrons. The molecule has 0 spiro atoms. The second-order valence-electron chi connectivity index (χ2n) is 9.71. The summed E-state index contributed by atoms with van der Waals surface area (Å²) in [5, 5.41) is 2.05. The molecule has 0 saturated heterocycles. The number of carbonyl (C=O) groups excluding carboxylic acids is 1. The molecular formula is C29H24ClF4N5O2. The number of nitrogens with zero attached hydrogens (tertiary/aromatic N) is 4. The van der Waals surface area contributed by atoms with Crippen LogP contribution in [0.2, 0.25) is 5.02 Å². The lowest BCUT2D eigenvalue weighted by molar-refractivity contribution is -0.137. The van der Waals surface area contributed by atoms with Crippen molar-refractivity contribution in [2.24, 2.45) is 4.99 Å². The third-order valence-electron chi connectivity index (χ3n) is 6.28. The number of pyridine rings is 1. The number of rotatable bonds is 6. The van der Waals surface area contributed by atoms with Crippen molar-refractivity contribution in [3.8, 4) is 11.6 Å². The van der Waals surface area contributed by atoms with Crippen LogP contribution in [-0.4, -0.2) is 32.2 Å². The van der Waals surface area contributed by atoms with Gasteiger partial charge in [-0.25, -0.2) is 14.4 Å². The summed E-state index contributed by atoms with van der Waals surface area (Å²) in [5.74, 6) is -1.01. The van der Waals surface area contributed by atoms with Gasteiger partial charge in [-0.05, 0) is 44.5 Å². The van der Waals surface area contributed by atoms with Crippen LogP contribution in [0.25, 0.3) is 5.69 Å². The first-order valence-electron chi connectivity index (χ1n) is 12.7. The molecule has 0 aliphatic carbocycles. The first kappa shape index (κ1) is 28.3. The molecule has 0 bridgehead atoms. The van der Waals surface area contributed by atoms with Crippen LogP contribution in [0.5, 0.6) is 5.88 Å². The molecule has 0 fully saturated rings. The number of hydrogen-bond donors (Lipinski definition) is 1. The quantitative estimate of drug-likeness (QED) is 0.255. The topological polar surface area (TPSA) is 81.4 Å². The minimum atomic E-state index is -4.80. The summed E-state index contributed by atoms with van der Waals surface area (Å²) in [6.45, 7) is 5.32. The van der Waals surface area contributed by atoms with Crippen molar-refractivity contribution in [1.82, 2.24) is 19.9 Å². The molecule has 1 aliphatic heterocycles. The predicted octanol–water partition coefficient (Wildman–Crippen LogP) is 6.71. The van der Waals surface area contributed by atoms with Crippen LogP contribution in [0.3, 0.4) is 0 Å². The average molecular weight is 586 g/mol. The van der Waals surface area contributed by atoms with E-state index in [1.54, 1.807) is 20.8 Å².